The van der Waals surface area contributed by atoms with Gasteiger partial charge in [0.2, 0.25) is 0 Å². The highest BCUT2D eigenvalue weighted by Crippen LogP contribution is 2.43. The molecule has 0 saturated heterocycles. The monoisotopic (exact) mass is 365 g/mol. The minimum absolute atomic E-state index is 0.0208. The number of carbonyl (C=O) groups excluding carboxylic acids is 3. The number of nitrogens with one attached hydrogen (secondary N) is 2. The van der Waals surface area contributed by atoms with Crippen molar-refractivity contribution in [2.45, 2.75) is 12.0 Å². The van der Waals surface area contributed by atoms with Crippen molar-refractivity contribution in [3.63, 3.8) is 0 Å². The summed E-state index contributed by atoms with van der Waals surface area (Å²) in [7, 11) is 1.18. The van der Waals surface area contributed by atoms with Gasteiger partial charge in [-0.1, -0.05) is 18.2 Å². The second-order valence-electron chi connectivity index (χ2n) is 5.91. The molecule has 1 heterocycles. The zero-order chi connectivity index (χ0) is 19.6. The van der Waals surface area contributed by atoms with Gasteiger partial charge in [-0.05, 0) is 24.3 Å². The molecule has 1 aliphatic rings. The Morgan fingerprint density at radius 1 is 1.26 bits per heavy atom. The number of nitrogens with zero attached hydrogens (tertiary/aromatic N) is 1. The third-order valence-corrected chi connectivity index (χ3v) is 4.24. The zero-order valence-corrected chi connectivity index (χ0v) is 14.3. The van der Waals surface area contributed by atoms with E-state index in [0.29, 0.717) is 5.56 Å². The fraction of sp³-hybridized carbons (Fsp3) is 0.158. The number of benzene rings is 2. The summed E-state index contributed by atoms with van der Waals surface area (Å²) in [5.74, 6) is -1.99. The van der Waals surface area contributed by atoms with Crippen molar-refractivity contribution in [2.75, 3.05) is 17.7 Å². The van der Waals surface area contributed by atoms with Gasteiger partial charge in [0.05, 0.1) is 36.5 Å². The van der Waals surface area contributed by atoms with Crippen LogP contribution in [0.15, 0.2) is 42.5 Å². The fourth-order valence-electron chi connectivity index (χ4n) is 2.85. The lowest BCUT2D eigenvalue weighted by molar-refractivity contribution is -0.133. The third-order valence-electron chi connectivity index (χ3n) is 4.24. The van der Waals surface area contributed by atoms with Crippen LogP contribution >= 0.6 is 0 Å². The van der Waals surface area contributed by atoms with Crippen molar-refractivity contribution in [2.24, 2.45) is 0 Å². The molecule has 2 aromatic rings. The highest BCUT2D eigenvalue weighted by Gasteiger charge is 2.47. The standard InChI is InChI=1S/C19H15N3O5/c1-27-17(24)12-9-13-15(22-18(25)19(13,26)7-8-20)14(10-12)21-16(23)11-5-3-2-4-6-11/h2-6,9-10,26H,7H2,1H3,(H,21,23)(H,22,25). The highest BCUT2D eigenvalue weighted by molar-refractivity contribution is 6.13. The predicted octanol–water partition coefficient (Wildman–Crippen LogP) is 1.78. The van der Waals surface area contributed by atoms with E-state index in [-0.39, 0.29) is 22.5 Å². The molecular weight excluding hydrogens is 350 g/mol. The predicted molar refractivity (Wildman–Crippen MR) is 94.9 cm³/mol. The highest BCUT2D eigenvalue weighted by atomic mass is 16.5. The zero-order valence-electron chi connectivity index (χ0n) is 14.3. The Kier molecular flexibility index (Phi) is 4.62. The van der Waals surface area contributed by atoms with E-state index in [2.05, 4.69) is 10.6 Å². The van der Waals surface area contributed by atoms with E-state index in [0.717, 1.165) is 0 Å². The van der Waals surface area contributed by atoms with Crippen LogP contribution in [0.5, 0.6) is 0 Å². The molecule has 0 saturated carbocycles. The van der Waals surface area contributed by atoms with Gasteiger partial charge in [-0.15, -0.1) is 0 Å². The number of ether oxygens (including phenoxy) is 1. The first-order valence-corrected chi connectivity index (χ1v) is 7.94. The van der Waals surface area contributed by atoms with E-state index >= 15 is 0 Å². The summed E-state index contributed by atoms with van der Waals surface area (Å²) in [6.07, 6.45) is -0.511. The maximum absolute atomic E-state index is 12.5. The van der Waals surface area contributed by atoms with Crippen molar-refractivity contribution in [1.29, 1.82) is 5.26 Å². The molecule has 0 aliphatic carbocycles. The first-order chi connectivity index (χ1) is 12.9. The molecule has 3 rings (SSSR count). The number of hydrogen-bond donors (Lipinski definition) is 3. The van der Waals surface area contributed by atoms with Crippen LogP contribution in [0.3, 0.4) is 0 Å². The molecule has 2 aromatic carbocycles. The minimum atomic E-state index is -2.12. The number of esters is 1. The van der Waals surface area contributed by atoms with Crippen molar-refractivity contribution in [3.05, 3.63) is 59.2 Å². The Hall–Kier alpha value is -3.70. The number of rotatable bonds is 4. The van der Waals surface area contributed by atoms with Gasteiger partial charge in [-0.25, -0.2) is 4.79 Å². The van der Waals surface area contributed by atoms with Gasteiger partial charge < -0.3 is 20.5 Å². The molecule has 2 amide bonds. The van der Waals surface area contributed by atoms with Crippen LogP contribution in [0, 0.1) is 11.3 Å². The Balaban J connectivity index is 2.11. The van der Waals surface area contributed by atoms with Crippen LogP contribution in [0.25, 0.3) is 0 Å². The largest absolute Gasteiger partial charge is 0.465 e. The lowest BCUT2D eigenvalue weighted by atomic mass is 9.90. The van der Waals surface area contributed by atoms with Gasteiger partial charge >= 0.3 is 5.97 Å². The third kappa shape index (κ3) is 3.12. The summed E-state index contributed by atoms with van der Waals surface area (Å²) in [6, 6.07) is 12.7. The lowest BCUT2D eigenvalue weighted by Gasteiger charge is -2.18. The number of methoxy groups -OCH3 is 1. The van der Waals surface area contributed by atoms with Crippen LogP contribution in [-0.4, -0.2) is 30.0 Å². The van der Waals surface area contributed by atoms with Crippen molar-refractivity contribution in [3.8, 4) is 6.07 Å². The minimum Gasteiger partial charge on any atom is -0.465 e. The molecule has 1 aliphatic heterocycles. The Bertz CT molecular complexity index is 981. The molecule has 0 aromatic heterocycles. The Morgan fingerprint density at radius 3 is 2.59 bits per heavy atom. The summed E-state index contributed by atoms with van der Waals surface area (Å²) < 4.78 is 4.69. The quantitative estimate of drug-likeness (QED) is 0.709. The van der Waals surface area contributed by atoms with E-state index in [9.17, 15) is 19.5 Å². The molecule has 27 heavy (non-hydrogen) atoms. The number of anilines is 2. The van der Waals surface area contributed by atoms with E-state index < -0.39 is 29.8 Å². The van der Waals surface area contributed by atoms with Gasteiger partial charge in [-0.2, -0.15) is 5.26 Å². The van der Waals surface area contributed by atoms with Gasteiger partial charge in [-0.3, -0.25) is 9.59 Å². The number of fused-ring (bicyclic) bond motifs is 1. The maximum atomic E-state index is 12.5. The Morgan fingerprint density at radius 2 is 1.96 bits per heavy atom. The molecule has 1 atom stereocenters. The topological polar surface area (TPSA) is 129 Å². The molecule has 1 unspecified atom stereocenters. The van der Waals surface area contributed by atoms with Crippen molar-refractivity contribution < 1.29 is 24.2 Å². The van der Waals surface area contributed by atoms with E-state index in [4.69, 9.17) is 10.00 Å². The molecule has 136 valence electrons. The van der Waals surface area contributed by atoms with Crippen LogP contribution in [0.2, 0.25) is 0 Å². The average molecular weight is 365 g/mol. The fourth-order valence-corrected chi connectivity index (χ4v) is 2.85. The molecular formula is C19H15N3O5. The lowest BCUT2D eigenvalue weighted by Crippen LogP contribution is -2.33. The number of nitriles is 1. The molecule has 0 radical (unpaired) electrons. The van der Waals surface area contributed by atoms with E-state index in [1.165, 1.54) is 19.2 Å². The van der Waals surface area contributed by atoms with Crippen LogP contribution < -0.4 is 10.6 Å². The number of carbonyl (C=O) groups is 3. The normalized spacial score (nSPS) is 17.4. The smallest absolute Gasteiger partial charge is 0.337 e. The van der Waals surface area contributed by atoms with Gasteiger partial charge in [0.25, 0.3) is 11.8 Å². The molecule has 0 fully saturated rings. The first kappa shape index (κ1) is 18.1. The van der Waals surface area contributed by atoms with Crippen molar-refractivity contribution >= 4 is 29.2 Å². The number of aliphatic hydroxyl groups is 1. The summed E-state index contributed by atoms with van der Waals surface area (Å²) in [5, 5.41) is 24.7. The second-order valence-corrected chi connectivity index (χ2v) is 5.91. The molecule has 8 nitrogen and oxygen atoms in total. The summed E-state index contributed by atoms with van der Waals surface area (Å²) in [4.78, 5) is 36.7. The van der Waals surface area contributed by atoms with E-state index in [1.54, 1.807) is 36.4 Å². The van der Waals surface area contributed by atoms with Gasteiger partial charge in [0.15, 0.2) is 5.60 Å². The summed E-state index contributed by atoms with van der Waals surface area (Å²) in [5.41, 5.74) is -1.46. The molecule has 3 N–H and O–H groups in total. The van der Waals surface area contributed by atoms with Crippen LogP contribution in [0.4, 0.5) is 11.4 Å². The molecule has 8 heteroatoms. The first-order valence-electron chi connectivity index (χ1n) is 7.94. The average Bonchev–Trinajstić information content (AvgIpc) is 2.93. The van der Waals surface area contributed by atoms with Gasteiger partial charge in [0.1, 0.15) is 0 Å². The number of amides is 2. The molecule has 0 bridgehead atoms. The van der Waals surface area contributed by atoms with Gasteiger partial charge in [0, 0.05) is 11.1 Å². The summed E-state index contributed by atoms with van der Waals surface area (Å²) in [6.45, 7) is 0. The number of hydrogen-bond acceptors (Lipinski definition) is 6. The van der Waals surface area contributed by atoms with Crippen LogP contribution in [0.1, 0.15) is 32.7 Å². The van der Waals surface area contributed by atoms with E-state index in [1.807, 2.05) is 0 Å². The summed E-state index contributed by atoms with van der Waals surface area (Å²) >= 11 is 0. The molecule has 0 spiro atoms. The SMILES string of the molecule is COC(=O)c1cc(NC(=O)c2ccccc2)c2c(c1)C(O)(CC#N)C(=O)N2. The second kappa shape index (κ2) is 6.90. The van der Waals surface area contributed by atoms with Crippen LogP contribution in [-0.2, 0) is 15.1 Å². The maximum Gasteiger partial charge on any atom is 0.337 e. The Labute approximate surface area is 154 Å². The van der Waals surface area contributed by atoms with Crippen molar-refractivity contribution in [1.82, 2.24) is 0 Å².